The lowest BCUT2D eigenvalue weighted by Crippen LogP contribution is -2.27. The Kier molecular flexibility index (Phi) is 4.86. The fourth-order valence-corrected chi connectivity index (χ4v) is 3.23. The van der Waals surface area contributed by atoms with Crippen LogP contribution in [0.25, 0.3) is 5.65 Å². The Hall–Kier alpha value is -2.62. The number of amides is 1. The summed E-state index contributed by atoms with van der Waals surface area (Å²) in [7, 11) is 3.32. The smallest absolute Gasteiger partial charge is 0.336 e. The van der Waals surface area contributed by atoms with Gasteiger partial charge in [0, 0.05) is 37.6 Å². The van der Waals surface area contributed by atoms with Crippen molar-refractivity contribution in [2.24, 2.45) is 7.05 Å². The van der Waals surface area contributed by atoms with Gasteiger partial charge in [0.1, 0.15) is 10.7 Å². The Morgan fingerprint density at radius 1 is 1.25 bits per heavy atom. The normalized spacial score (nSPS) is 12.0. The number of hydrogen-bond acceptors (Lipinski definition) is 4. The zero-order chi connectivity index (χ0) is 21.0. The average Bonchev–Trinajstić information content (AvgIpc) is 3.04. The second kappa shape index (κ2) is 6.77. The molecule has 3 rings (SSSR count). The summed E-state index contributed by atoms with van der Waals surface area (Å²) in [6.07, 6.45) is -4.67. The summed E-state index contributed by atoms with van der Waals surface area (Å²) in [6, 6.07) is 0.858. The summed E-state index contributed by atoms with van der Waals surface area (Å²) in [5.74, 6) is -0.607. The van der Waals surface area contributed by atoms with Crippen LogP contribution in [-0.4, -0.2) is 42.2 Å². The van der Waals surface area contributed by atoms with Crippen LogP contribution in [0.5, 0.6) is 0 Å². The summed E-state index contributed by atoms with van der Waals surface area (Å²) in [5, 5.41) is 7.90. The van der Waals surface area contributed by atoms with Crippen molar-refractivity contribution >= 4 is 23.2 Å². The molecule has 11 heteroatoms. The van der Waals surface area contributed by atoms with Gasteiger partial charge in [-0.15, -0.1) is 0 Å². The van der Waals surface area contributed by atoms with Crippen LogP contribution in [0.2, 0.25) is 5.02 Å². The number of halogens is 4. The second-order valence-corrected chi connectivity index (χ2v) is 6.99. The van der Waals surface area contributed by atoms with Gasteiger partial charge in [0.05, 0.1) is 5.69 Å². The van der Waals surface area contributed by atoms with Crippen molar-refractivity contribution in [2.45, 2.75) is 33.5 Å². The van der Waals surface area contributed by atoms with E-state index in [-0.39, 0.29) is 28.6 Å². The maximum absolute atomic E-state index is 13.3. The van der Waals surface area contributed by atoms with Crippen LogP contribution in [0.3, 0.4) is 0 Å². The first-order valence-corrected chi connectivity index (χ1v) is 8.67. The zero-order valence-electron chi connectivity index (χ0n) is 15.9. The van der Waals surface area contributed by atoms with Gasteiger partial charge in [0.15, 0.2) is 11.3 Å². The van der Waals surface area contributed by atoms with Gasteiger partial charge in [-0.25, -0.2) is 9.50 Å². The van der Waals surface area contributed by atoms with Crippen molar-refractivity contribution in [2.75, 3.05) is 7.05 Å². The first-order valence-electron chi connectivity index (χ1n) is 8.29. The number of hydrogen-bond donors (Lipinski definition) is 0. The molecule has 3 aromatic rings. The van der Waals surface area contributed by atoms with Crippen LogP contribution in [0.4, 0.5) is 13.2 Å². The van der Waals surface area contributed by atoms with E-state index in [9.17, 15) is 18.0 Å². The van der Waals surface area contributed by atoms with Gasteiger partial charge in [0.2, 0.25) is 0 Å². The van der Waals surface area contributed by atoms with Gasteiger partial charge in [-0.1, -0.05) is 11.6 Å². The number of aryl methyl sites for hydroxylation is 3. The lowest BCUT2D eigenvalue weighted by molar-refractivity contribution is -0.142. The van der Waals surface area contributed by atoms with E-state index in [0.29, 0.717) is 4.52 Å². The summed E-state index contributed by atoms with van der Waals surface area (Å²) in [6.45, 7) is 5.32. The van der Waals surface area contributed by atoms with Gasteiger partial charge in [-0.3, -0.25) is 9.48 Å². The number of carbonyl (C=O) groups is 1. The number of alkyl halides is 3. The highest BCUT2D eigenvalue weighted by molar-refractivity contribution is 6.36. The molecule has 1 amide bonds. The molecule has 0 aliphatic carbocycles. The van der Waals surface area contributed by atoms with E-state index in [2.05, 4.69) is 15.2 Å². The van der Waals surface area contributed by atoms with Crippen LogP contribution >= 0.6 is 11.6 Å². The minimum Gasteiger partial charge on any atom is -0.336 e. The van der Waals surface area contributed by atoms with E-state index in [4.69, 9.17) is 11.6 Å². The van der Waals surface area contributed by atoms with E-state index in [1.54, 1.807) is 11.7 Å². The molecule has 0 aromatic carbocycles. The summed E-state index contributed by atoms with van der Waals surface area (Å²) in [4.78, 5) is 18.2. The third kappa shape index (κ3) is 3.32. The van der Waals surface area contributed by atoms with Crippen LogP contribution in [0.15, 0.2) is 6.07 Å². The quantitative estimate of drug-likeness (QED) is 0.659. The number of fused-ring (bicyclic) bond motifs is 1. The number of aromatic nitrogens is 5. The largest absolute Gasteiger partial charge is 0.433 e. The van der Waals surface area contributed by atoms with Gasteiger partial charge in [-0.05, 0) is 26.8 Å². The maximum atomic E-state index is 13.3. The summed E-state index contributed by atoms with van der Waals surface area (Å²) >= 11 is 6.18. The van der Waals surface area contributed by atoms with Crippen molar-refractivity contribution in [3.63, 3.8) is 0 Å². The Bertz CT molecular complexity index is 1090. The van der Waals surface area contributed by atoms with Crippen molar-refractivity contribution in [1.29, 1.82) is 0 Å². The Balaban J connectivity index is 2.03. The standard InChI is InChI=1S/C17H18ClF3N6O/c1-8-6-12(17(19,20)21)27-15(22-8)13(18)14(24-27)16(28)25(4)7-11-9(2)23-26(5)10(11)3/h6H,7H2,1-5H3. The van der Waals surface area contributed by atoms with E-state index in [0.717, 1.165) is 23.0 Å². The van der Waals surface area contributed by atoms with Gasteiger partial charge >= 0.3 is 6.18 Å². The molecule has 7 nitrogen and oxygen atoms in total. The molecule has 0 aliphatic heterocycles. The zero-order valence-corrected chi connectivity index (χ0v) is 16.6. The van der Waals surface area contributed by atoms with E-state index >= 15 is 0 Å². The fraction of sp³-hybridized carbons (Fsp3) is 0.412. The maximum Gasteiger partial charge on any atom is 0.433 e. The average molecular weight is 415 g/mol. The number of rotatable bonds is 3. The second-order valence-electron chi connectivity index (χ2n) is 6.61. The summed E-state index contributed by atoms with van der Waals surface area (Å²) in [5.41, 5.74) is 1.08. The molecular formula is C17H18ClF3N6O. The third-order valence-electron chi connectivity index (χ3n) is 4.55. The van der Waals surface area contributed by atoms with Crippen molar-refractivity contribution < 1.29 is 18.0 Å². The Morgan fingerprint density at radius 3 is 2.43 bits per heavy atom. The molecule has 0 radical (unpaired) electrons. The van der Waals surface area contributed by atoms with E-state index < -0.39 is 17.8 Å². The molecule has 0 fully saturated rings. The van der Waals surface area contributed by atoms with E-state index in [1.165, 1.54) is 18.9 Å². The first kappa shape index (κ1) is 20.1. The molecule has 28 heavy (non-hydrogen) atoms. The highest BCUT2D eigenvalue weighted by atomic mass is 35.5. The third-order valence-corrected chi connectivity index (χ3v) is 4.90. The molecule has 0 N–H and O–H groups in total. The van der Waals surface area contributed by atoms with Crippen molar-refractivity contribution in [1.82, 2.24) is 29.3 Å². The predicted molar refractivity (Wildman–Crippen MR) is 96.2 cm³/mol. The molecule has 0 unspecified atom stereocenters. The predicted octanol–water partition coefficient (Wildman–Crippen LogP) is 3.33. The number of nitrogens with zero attached hydrogens (tertiary/aromatic N) is 6. The Labute approximate surface area is 163 Å². The highest BCUT2D eigenvalue weighted by Gasteiger charge is 2.36. The molecule has 3 aromatic heterocycles. The first-order chi connectivity index (χ1) is 12.9. The minimum absolute atomic E-state index is 0.121. The van der Waals surface area contributed by atoms with Crippen LogP contribution in [-0.2, 0) is 19.8 Å². The molecule has 150 valence electrons. The molecule has 0 saturated heterocycles. The van der Waals surface area contributed by atoms with E-state index in [1.807, 2.05) is 13.8 Å². The van der Waals surface area contributed by atoms with Gasteiger partial charge in [0.25, 0.3) is 5.91 Å². The van der Waals surface area contributed by atoms with Crippen molar-refractivity contribution in [3.8, 4) is 0 Å². The lowest BCUT2D eigenvalue weighted by Gasteiger charge is -2.16. The fourth-order valence-electron chi connectivity index (χ4n) is 2.99. The molecule has 0 saturated carbocycles. The molecular weight excluding hydrogens is 397 g/mol. The molecule has 0 aliphatic rings. The highest BCUT2D eigenvalue weighted by Crippen LogP contribution is 2.32. The Morgan fingerprint density at radius 2 is 1.89 bits per heavy atom. The molecule has 3 heterocycles. The molecule has 0 spiro atoms. The van der Waals surface area contributed by atoms with Gasteiger partial charge < -0.3 is 4.90 Å². The topological polar surface area (TPSA) is 68.3 Å². The SMILES string of the molecule is Cc1cc(C(F)(F)F)n2nc(C(=O)N(C)Cc3c(C)nn(C)c3C)c(Cl)c2n1. The molecule has 0 atom stereocenters. The van der Waals surface area contributed by atoms with Crippen LogP contribution < -0.4 is 0 Å². The van der Waals surface area contributed by atoms with Crippen LogP contribution in [0, 0.1) is 20.8 Å². The van der Waals surface area contributed by atoms with Crippen LogP contribution in [0.1, 0.15) is 38.8 Å². The van der Waals surface area contributed by atoms with Crippen molar-refractivity contribution in [3.05, 3.63) is 45.1 Å². The lowest BCUT2D eigenvalue weighted by atomic mass is 10.2. The summed E-state index contributed by atoms with van der Waals surface area (Å²) < 4.78 is 42.3. The number of carbonyl (C=O) groups excluding carboxylic acids is 1. The molecule has 0 bridgehead atoms. The minimum atomic E-state index is -4.67. The van der Waals surface area contributed by atoms with Gasteiger partial charge in [-0.2, -0.15) is 23.4 Å². The monoisotopic (exact) mass is 414 g/mol.